The maximum Gasteiger partial charge on any atom is 0.251 e. The summed E-state index contributed by atoms with van der Waals surface area (Å²) in [6.45, 7) is 0. The largest absolute Gasteiger partial charge is 0.348 e. The van der Waals surface area contributed by atoms with E-state index >= 15 is 0 Å². The molecule has 2 aliphatic heterocycles. The average molecular weight is 356 g/mol. The second kappa shape index (κ2) is 6.55. The molecule has 122 valence electrons. The number of hydrogen-bond donors (Lipinski definition) is 2. The minimum atomic E-state index is -0.00803. The van der Waals surface area contributed by atoms with E-state index in [-0.39, 0.29) is 11.9 Å². The van der Waals surface area contributed by atoms with E-state index in [4.69, 9.17) is 5.26 Å². The molecular formula is C17H16N4OS2. The lowest BCUT2D eigenvalue weighted by molar-refractivity contribution is 0.0931. The van der Waals surface area contributed by atoms with Crippen LogP contribution >= 0.6 is 23.3 Å². The van der Waals surface area contributed by atoms with Crippen LogP contribution in [0.2, 0.25) is 0 Å². The van der Waals surface area contributed by atoms with Crippen molar-refractivity contribution >= 4 is 29.2 Å². The molecule has 1 amide bonds. The molecule has 7 heteroatoms. The van der Waals surface area contributed by atoms with Gasteiger partial charge in [0.2, 0.25) is 0 Å². The first kappa shape index (κ1) is 15.6. The van der Waals surface area contributed by atoms with Crippen molar-refractivity contribution in [1.29, 1.82) is 5.26 Å². The monoisotopic (exact) mass is 356 g/mol. The van der Waals surface area contributed by atoms with Crippen LogP contribution in [0.3, 0.4) is 0 Å². The fourth-order valence-electron chi connectivity index (χ4n) is 3.39. The van der Waals surface area contributed by atoms with Crippen molar-refractivity contribution in [2.45, 2.75) is 47.3 Å². The van der Waals surface area contributed by atoms with Gasteiger partial charge < -0.3 is 10.6 Å². The highest BCUT2D eigenvalue weighted by atomic mass is 32.2. The van der Waals surface area contributed by atoms with Crippen molar-refractivity contribution in [3.63, 3.8) is 0 Å². The van der Waals surface area contributed by atoms with Crippen LogP contribution < -0.4 is 10.6 Å². The molecule has 3 heterocycles. The molecule has 0 unspecified atom stereocenters. The molecule has 4 rings (SSSR count). The quantitative estimate of drug-likeness (QED) is 0.881. The topological polar surface area (TPSA) is 77.8 Å². The molecule has 0 spiro atoms. The Kier molecular flexibility index (Phi) is 4.27. The highest BCUT2D eigenvalue weighted by Gasteiger charge is 2.39. The number of hydrogen-bond acceptors (Lipinski definition) is 6. The second-order valence-electron chi connectivity index (χ2n) is 6.13. The lowest BCUT2D eigenvalue weighted by Gasteiger charge is -2.21. The number of benzene rings is 1. The zero-order chi connectivity index (χ0) is 16.5. The average Bonchev–Trinajstić information content (AvgIpc) is 3.32. The van der Waals surface area contributed by atoms with Crippen molar-refractivity contribution in [2.24, 2.45) is 0 Å². The fourth-order valence-corrected chi connectivity index (χ4v) is 4.86. The molecule has 0 saturated carbocycles. The van der Waals surface area contributed by atoms with Crippen LogP contribution in [0, 0.1) is 11.3 Å². The van der Waals surface area contributed by atoms with Gasteiger partial charge in [-0.2, -0.15) is 9.64 Å². The van der Waals surface area contributed by atoms with Gasteiger partial charge in [-0.1, -0.05) is 11.8 Å². The molecule has 0 radical (unpaired) electrons. The van der Waals surface area contributed by atoms with Gasteiger partial charge in [0.1, 0.15) is 16.0 Å². The van der Waals surface area contributed by atoms with Gasteiger partial charge in [0.05, 0.1) is 0 Å². The standard InChI is InChI=1S/C17H16N4OS2/c18-9-13-8-16(21-24-13)23-12-4-1-10(2-5-12)17(22)20-15-7-11-3-6-14(15)19-11/h1-2,4-5,8,11,14-15,19H,3,6-7H2,(H,20,22)/t11-,14+,15-/m1/s1. The Hall–Kier alpha value is -1.88. The van der Waals surface area contributed by atoms with Gasteiger partial charge in [0.25, 0.3) is 5.91 Å². The highest BCUT2D eigenvalue weighted by molar-refractivity contribution is 7.99. The summed E-state index contributed by atoms with van der Waals surface area (Å²) in [7, 11) is 0. The first-order valence-corrected chi connectivity index (χ1v) is 9.52. The summed E-state index contributed by atoms with van der Waals surface area (Å²) >= 11 is 2.69. The first-order chi connectivity index (χ1) is 11.7. The van der Waals surface area contributed by atoms with Crippen LogP contribution in [-0.2, 0) is 0 Å². The van der Waals surface area contributed by atoms with E-state index in [2.05, 4.69) is 21.1 Å². The zero-order valence-corrected chi connectivity index (χ0v) is 14.5. The molecular weight excluding hydrogens is 340 g/mol. The number of nitrogens with zero attached hydrogens (tertiary/aromatic N) is 2. The number of carbonyl (C=O) groups excluding carboxylic acids is 1. The molecule has 0 aliphatic carbocycles. The van der Waals surface area contributed by atoms with E-state index in [9.17, 15) is 4.79 Å². The number of carbonyl (C=O) groups is 1. The van der Waals surface area contributed by atoms with Crippen molar-refractivity contribution in [2.75, 3.05) is 0 Å². The second-order valence-corrected chi connectivity index (χ2v) is 8.03. The first-order valence-electron chi connectivity index (χ1n) is 7.93. The molecule has 2 N–H and O–H groups in total. The zero-order valence-electron chi connectivity index (χ0n) is 12.9. The molecule has 2 aromatic rings. The summed E-state index contributed by atoms with van der Waals surface area (Å²) in [5.74, 6) is -0.00803. The normalized spacial score (nSPS) is 24.7. The van der Waals surface area contributed by atoms with E-state index in [1.165, 1.54) is 29.7 Å². The van der Waals surface area contributed by atoms with Crippen LogP contribution in [0.4, 0.5) is 0 Å². The number of nitrogens with one attached hydrogen (secondary N) is 2. The molecule has 3 atom stereocenters. The maximum atomic E-state index is 12.4. The van der Waals surface area contributed by atoms with Crippen molar-refractivity contribution in [1.82, 2.24) is 15.0 Å². The fraction of sp³-hybridized carbons (Fsp3) is 0.353. The highest BCUT2D eigenvalue weighted by Crippen LogP contribution is 2.30. The van der Waals surface area contributed by atoms with Gasteiger partial charge in [-0.15, -0.1) is 0 Å². The van der Waals surface area contributed by atoms with Gasteiger partial charge in [-0.25, -0.2) is 0 Å². The molecule has 2 aliphatic rings. The number of fused-ring (bicyclic) bond motifs is 2. The molecule has 24 heavy (non-hydrogen) atoms. The van der Waals surface area contributed by atoms with Crippen molar-refractivity contribution < 1.29 is 4.79 Å². The van der Waals surface area contributed by atoms with E-state index in [0.717, 1.165) is 22.8 Å². The van der Waals surface area contributed by atoms with E-state index in [0.29, 0.717) is 22.5 Å². The molecule has 5 nitrogen and oxygen atoms in total. The predicted octanol–water partition coefficient (Wildman–Crippen LogP) is 2.79. The van der Waals surface area contributed by atoms with Gasteiger partial charge in [-0.05, 0) is 55.1 Å². The molecule has 2 fully saturated rings. The van der Waals surface area contributed by atoms with Crippen LogP contribution in [0.15, 0.2) is 40.3 Å². The predicted molar refractivity (Wildman–Crippen MR) is 93.2 cm³/mol. The Morgan fingerprint density at radius 1 is 1.38 bits per heavy atom. The number of rotatable bonds is 4. The van der Waals surface area contributed by atoms with Gasteiger partial charge in [0.15, 0.2) is 0 Å². The smallest absolute Gasteiger partial charge is 0.251 e. The number of amides is 1. The van der Waals surface area contributed by atoms with Gasteiger partial charge in [0, 0.05) is 34.7 Å². The Bertz CT molecular complexity index is 796. The molecule has 2 bridgehead atoms. The Morgan fingerprint density at radius 3 is 2.83 bits per heavy atom. The summed E-state index contributed by atoms with van der Waals surface area (Å²) < 4.78 is 4.23. The van der Waals surface area contributed by atoms with Crippen molar-refractivity contribution in [3.8, 4) is 6.07 Å². The summed E-state index contributed by atoms with van der Waals surface area (Å²) in [5, 5.41) is 16.3. The van der Waals surface area contributed by atoms with Crippen LogP contribution in [0.25, 0.3) is 0 Å². The lowest BCUT2D eigenvalue weighted by Crippen LogP contribution is -2.42. The van der Waals surface area contributed by atoms with Gasteiger partial charge in [-0.3, -0.25) is 4.79 Å². The van der Waals surface area contributed by atoms with Gasteiger partial charge >= 0.3 is 0 Å². The third kappa shape index (κ3) is 3.18. The number of aromatic nitrogens is 1. The summed E-state index contributed by atoms with van der Waals surface area (Å²) in [6.07, 6.45) is 3.42. The molecule has 1 aromatic heterocycles. The Labute approximate surface area is 148 Å². The van der Waals surface area contributed by atoms with E-state index in [1.54, 1.807) is 6.07 Å². The summed E-state index contributed by atoms with van der Waals surface area (Å²) in [5.41, 5.74) is 0.679. The SMILES string of the molecule is N#Cc1cc(Sc2ccc(C(=O)N[C@@H]3C[C@H]4CC[C@@H]3N4)cc2)ns1. The minimum absolute atomic E-state index is 0.00803. The molecule has 1 aromatic carbocycles. The van der Waals surface area contributed by atoms with E-state index < -0.39 is 0 Å². The number of nitriles is 1. The Morgan fingerprint density at radius 2 is 2.21 bits per heavy atom. The van der Waals surface area contributed by atoms with Crippen LogP contribution in [0.5, 0.6) is 0 Å². The Balaban J connectivity index is 1.38. The van der Waals surface area contributed by atoms with Crippen molar-refractivity contribution in [3.05, 3.63) is 40.8 Å². The van der Waals surface area contributed by atoms with Crippen LogP contribution in [-0.4, -0.2) is 28.4 Å². The third-order valence-corrected chi connectivity index (χ3v) is 6.29. The third-order valence-electron chi connectivity index (χ3n) is 4.55. The lowest BCUT2D eigenvalue weighted by atomic mass is 9.95. The molecule has 2 saturated heterocycles. The minimum Gasteiger partial charge on any atom is -0.348 e. The van der Waals surface area contributed by atoms with E-state index in [1.807, 2.05) is 24.3 Å². The summed E-state index contributed by atoms with van der Waals surface area (Å²) in [6, 6.07) is 12.7. The maximum absolute atomic E-state index is 12.4. The van der Waals surface area contributed by atoms with Crippen LogP contribution in [0.1, 0.15) is 34.5 Å². The summed E-state index contributed by atoms with van der Waals surface area (Å²) in [4.78, 5) is 14.0.